The summed E-state index contributed by atoms with van der Waals surface area (Å²) >= 11 is 0. The highest BCUT2D eigenvalue weighted by Gasteiger charge is 2.24. The second-order valence-electron chi connectivity index (χ2n) is 9.84. The molecule has 0 radical (unpaired) electrons. The molecule has 204 valence electrons. The van der Waals surface area contributed by atoms with E-state index in [0.29, 0.717) is 33.4 Å². The van der Waals surface area contributed by atoms with E-state index in [1.54, 1.807) is 48.0 Å². The minimum Gasteiger partial charge on any atom is -0.458 e. The van der Waals surface area contributed by atoms with E-state index in [2.05, 4.69) is 20.4 Å². The van der Waals surface area contributed by atoms with Gasteiger partial charge in [0.15, 0.2) is 0 Å². The molecule has 0 aliphatic carbocycles. The number of aryl methyl sites for hydroxylation is 2. The number of rotatable bonds is 6. The standard InChI is InChI=1S/C31H26FN7O2/c1-16-21-12-11-19(14-23(21)39(3)38-16)27(33)26-30(34)35-15-36-31(26)37-17(2)29-25(18-7-6-8-20(32)13-18)28(40)22-9-4-5-10-24(22)41-29/h4-15,17,33H,1-3H3,(H3,34,35,36,37). The number of nitrogens with two attached hydrogens (primary N) is 1. The quantitative estimate of drug-likeness (QED) is 0.226. The third-order valence-electron chi connectivity index (χ3n) is 7.14. The summed E-state index contributed by atoms with van der Waals surface area (Å²) in [6.07, 6.45) is 1.30. The summed E-state index contributed by atoms with van der Waals surface area (Å²) in [7, 11) is 1.85. The molecule has 3 heterocycles. The van der Waals surface area contributed by atoms with Crippen LogP contribution in [-0.4, -0.2) is 25.5 Å². The highest BCUT2D eigenvalue weighted by molar-refractivity contribution is 6.17. The second-order valence-corrected chi connectivity index (χ2v) is 9.84. The zero-order valence-corrected chi connectivity index (χ0v) is 22.6. The maximum atomic E-state index is 14.2. The lowest BCUT2D eigenvalue weighted by molar-refractivity contribution is 0.515. The maximum absolute atomic E-state index is 14.2. The van der Waals surface area contributed by atoms with Crippen molar-refractivity contribution in [2.24, 2.45) is 7.05 Å². The van der Waals surface area contributed by atoms with Crippen molar-refractivity contribution in [3.63, 3.8) is 0 Å². The fourth-order valence-electron chi connectivity index (χ4n) is 5.15. The summed E-state index contributed by atoms with van der Waals surface area (Å²) < 4.78 is 22.3. The lowest BCUT2D eigenvalue weighted by Gasteiger charge is -2.20. The van der Waals surface area contributed by atoms with Crippen LogP contribution in [0.2, 0.25) is 0 Å². The zero-order chi connectivity index (χ0) is 28.8. The molecule has 0 saturated heterocycles. The number of hydrogen-bond acceptors (Lipinski definition) is 8. The van der Waals surface area contributed by atoms with Crippen molar-refractivity contribution in [2.75, 3.05) is 11.1 Å². The molecule has 1 unspecified atom stereocenters. The average molecular weight is 548 g/mol. The van der Waals surface area contributed by atoms with Gasteiger partial charge in [-0.05, 0) is 49.7 Å². The summed E-state index contributed by atoms with van der Waals surface area (Å²) in [5.41, 5.74) is 9.83. The number of hydrogen-bond donors (Lipinski definition) is 3. The monoisotopic (exact) mass is 547 g/mol. The Kier molecular flexibility index (Phi) is 6.30. The second kappa shape index (κ2) is 9.98. The van der Waals surface area contributed by atoms with Crippen molar-refractivity contribution >= 4 is 39.2 Å². The Bertz CT molecular complexity index is 2050. The average Bonchev–Trinajstić information content (AvgIpc) is 3.25. The molecule has 6 aromatic rings. The summed E-state index contributed by atoms with van der Waals surface area (Å²) in [5.74, 6) is 0.228. The summed E-state index contributed by atoms with van der Waals surface area (Å²) in [6, 6.07) is 17.8. The van der Waals surface area contributed by atoms with Gasteiger partial charge in [-0.1, -0.05) is 36.4 Å². The van der Waals surface area contributed by atoms with Gasteiger partial charge in [-0.15, -0.1) is 0 Å². The fraction of sp³-hybridized carbons (Fsp3) is 0.129. The van der Waals surface area contributed by atoms with E-state index in [-0.39, 0.29) is 28.3 Å². The third kappa shape index (κ3) is 4.49. The highest BCUT2D eigenvalue weighted by atomic mass is 19.1. The van der Waals surface area contributed by atoms with E-state index >= 15 is 0 Å². The fourth-order valence-corrected chi connectivity index (χ4v) is 5.15. The van der Waals surface area contributed by atoms with E-state index in [1.165, 1.54) is 18.5 Å². The minimum atomic E-state index is -0.631. The Balaban J connectivity index is 1.45. The summed E-state index contributed by atoms with van der Waals surface area (Å²) in [6.45, 7) is 3.73. The molecule has 0 amide bonds. The van der Waals surface area contributed by atoms with Crippen LogP contribution in [0.3, 0.4) is 0 Å². The van der Waals surface area contributed by atoms with Crippen molar-refractivity contribution in [3.05, 3.63) is 112 Å². The van der Waals surface area contributed by atoms with Crippen LogP contribution in [0.1, 0.15) is 35.5 Å². The van der Waals surface area contributed by atoms with Crippen LogP contribution >= 0.6 is 0 Å². The number of nitrogens with zero attached hydrogens (tertiary/aromatic N) is 4. The molecular formula is C31H26FN7O2. The van der Waals surface area contributed by atoms with Crippen molar-refractivity contribution in [3.8, 4) is 11.1 Å². The topological polar surface area (TPSA) is 136 Å². The predicted octanol–water partition coefficient (Wildman–Crippen LogP) is 5.76. The largest absolute Gasteiger partial charge is 0.458 e. The molecule has 3 aromatic carbocycles. The Hall–Kier alpha value is -5.38. The van der Waals surface area contributed by atoms with Gasteiger partial charge < -0.3 is 15.5 Å². The zero-order valence-electron chi connectivity index (χ0n) is 22.6. The Morgan fingerprint density at radius 3 is 2.68 bits per heavy atom. The van der Waals surface area contributed by atoms with Gasteiger partial charge in [0.05, 0.1) is 39.5 Å². The van der Waals surface area contributed by atoms with E-state index < -0.39 is 11.9 Å². The molecule has 0 aliphatic rings. The number of aromatic nitrogens is 4. The van der Waals surface area contributed by atoms with Gasteiger partial charge in [-0.25, -0.2) is 14.4 Å². The lowest BCUT2D eigenvalue weighted by atomic mass is 9.98. The maximum Gasteiger partial charge on any atom is 0.200 e. The van der Waals surface area contributed by atoms with Crippen molar-refractivity contribution in [1.29, 1.82) is 5.41 Å². The van der Waals surface area contributed by atoms with E-state index in [1.807, 2.05) is 32.2 Å². The highest BCUT2D eigenvalue weighted by Crippen LogP contribution is 2.33. The van der Waals surface area contributed by atoms with Gasteiger partial charge in [0.25, 0.3) is 0 Å². The molecule has 4 N–H and O–H groups in total. The molecule has 0 fully saturated rings. The Morgan fingerprint density at radius 2 is 1.88 bits per heavy atom. The van der Waals surface area contributed by atoms with E-state index in [9.17, 15) is 9.18 Å². The van der Waals surface area contributed by atoms with Crippen LogP contribution in [0.25, 0.3) is 33.0 Å². The first-order valence-electron chi connectivity index (χ1n) is 12.9. The number of halogens is 1. The van der Waals surface area contributed by atoms with Crippen LogP contribution in [0.15, 0.2) is 82.3 Å². The van der Waals surface area contributed by atoms with Gasteiger partial charge in [-0.2, -0.15) is 5.10 Å². The number of fused-ring (bicyclic) bond motifs is 2. The molecule has 6 rings (SSSR count). The predicted molar refractivity (Wildman–Crippen MR) is 158 cm³/mol. The summed E-state index contributed by atoms with van der Waals surface area (Å²) in [4.78, 5) is 22.2. The first-order chi connectivity index (χ1) is 19.7. The molecule has 0 spiro atoms. The third-order valence-corrected chi connectivity index (χ3v) is 7.14. The number of anilines is 2. The first kappa shape index (κ1) is 25.9. The Labute approximate surface area is 234 Å². The van der Waals surface area contributed by atoms with Crippen LogP contribution < -0.4 is 16.5 Å². The van der Waals surface area contributed by atoms with Crippen LogP contribution in [0, 0.1) is 18.2 Å². The molecule has 0 saturated carbocycles. The van der Waals surface area contributed by atoms with Gasteiger partial charge in [0.1, 0.15) is 35.1 Å². The lowest BCUT2D eigenvalue weighted by Crippen LogP contribution is -2.18. The van der Waals surface area contributed by atoms with Crippen LogP contribution in [0.4, 0.5) is 16.0 Å². The molecule has 0 aliphatic heterocycles. The number of benzene rings is 3. The minimum absolute atomic E-state index is 0.115. The normalized spacial score (nSPS) is 12.1. The van der Waals surface area contributed by atoms with Crippen molar-refractivity contribution < 1.29 is 8.81 Å². The van der Waals surface area contributed by atoms with Gasteiger partial charge in [0.2, 0.25) is 5.43 Å². The van der Waals surface area contributed by atoms with E-state index in [4.69, 9.17) is 15.6 Å². The molecule has 1 atom stereocenters. The van der Waals surface area contributed by atoms with Crippen LogP contribution in [0.5, 0.6) is 0 Å². The SMILES string of the molecule is Cc1nn(C)c2cc(C(=N)c3c(N)ncnc3NC(C)c3oc4ccccc4c(=O)c3-c3cccc(F)c3)ccc12. The number of nitrogens with one attached hydrogen (secondary N) is 2. The van der Waals surface area contributed by atoms with Gasteiger partial charge in [0, 0.05) is 18.0 Å². The number of nitrogen functional groups attached to an aromatic ring is 1. The molecule has 0 bridgehead atoms. The van der Waals surface area contributed by atoms with Crippen molar-refractivity contribution in [1.82, 2.24) is 19.7 Å². The van der Waals surface area contributed by atoms with Gasteiger partial charge in [-0.3, -0.25) is 14.9 Å². The van der Waals surface area contributed by atoms with E-state index in [0.717, 1.165) is 16.6 Å². The molecular weight excluding hydrogens is 521 g/mol. The molecule has 9 nitrogen and oxygen atoms in total. The van der Waals surface area contributed by atoms with Gasteiger partial charge >= 0.3 is 0 Å². The summed E-state index contributed by atoms with van der Waals surface area (Å²) in [5, 5.41) is 18.2. The molecule has 41 heavy (non-hydrogen) atoms. The molecule has 3 aromatic heterocycles. The van der Waals surface area contributed by atoms with Crippen LogP contribution in [-0.2, 0) is 7.05 Å². The smallest absolute Gasteiger partial charge is 0.200 e. The van der Waals surface area contributed by atoms with Crippen molar-refractivity contribution in [2.45, 2.75) is 19.9 Å². The molecule has 10 heteroatoms. The number of para-hydroxylation sites is 1. The Morgan fingerprint density at radius 1 is 1.07 bits per heavy atom. The first-order valence-corrected chi connectivity index (χ1v) is 12.9.